The molecule has 2 aromatic rings. The van der Waals surface area contributed by atoms with Crippen molar-refractivity contribution in [3.05, 3.63) is 68.7 Å². The Morgan fingerprint density at radius 1 is 1.20 bits per heavy atom. The van der Waals surface area contributed by atoms with Crippen molar-refractivity contribution in [3.63, 3.8) is 0 Å². The molecule has 0 aliphatic rings. The normalized spacial score (nSPS) is 10.3. The summed E-state index contributed by atoms with van der Waals surface area (Å²) in [5.74, 6) is 0.749. The number of para-hydroxylation sites is 1. The van der Waals surface area contributed by atoms with Gasteiger partial charge in [0.05, 0.1) is 10.5 Å². The van der Waals surface area contributed by atoms with Gasteiger partial charge in [0.15, 0.2) is 0 Å². The second kappa shape index (κ2) is 6.39. The van der Waals surface area contributed by atoms with Gasteiger partial charge in [0.1, 0.15) is 12.4 Å². The lowest BCUT2D eigenvalue weighted by Gasteiger charge is -2.10. The number of ether oxygens (including phenoxy) is 1. The van der Waals surface area contributed by atoms with Crippen molar-refractivity contribution in [1.82, 2.24) is 0 Å². The summed E-state index contributed by atoms with van der Waals surface area (Å²) in [6.45, 7) is 2.18. The maximum atomic E-state index is 11.0. The molecule has 0 radical (unpaired) electrons. The molecule has 0 atom stereocenters. The van der Waals surface area contributed by atoms with E-state index in [0.29, 0.717) is 10.6 Å². The van der Waals surface area contributed by atoms with E-state index in [1.54, 1.807) is 12.1 Å². The Labute approximate surface area is 122 Å². The van der Waals surface area contributed by atoms with Crippen LogP contribution in [-0.4, -0.2) is 4.92 Å². The van der Waals surface area contributed by atoms with Crippen molar-refractivity contribution < 1.29 is 9.66 Å². The molecule has 0 spiro atoms. The lowest BCUT2D eigenvalue weighted by molar-refractivity contribution is -0.385. The molecule has 0 amide bonds. The Kier molecular flexibility index (Phi) is 4.58. The van der Waals surface area contributed by atoms with Gasteiger partial charge in [-0.3, -0.25) is 10.1 Å². The molecular weight excluding hydrogens is 278 g/mol. The summed E-state index contributed by atoms with van der Waals surface area (Å²) in [6, 6.07) is 12.2. The van der Waals surface area contributed by atoms with Crippen molar-refractivity contribution in [3.8, 4) is 5.75 Å². The van der Waals surface area contributed by atoms with Crippen LogP contribution in [0, 0.1) is 10.1 Å². The van der Waals surface area contributed by atoms with Gasteiger partial charge < -0.3 is 4.74 Å². The first-order chi connectivity index (χ1) is 9.61. The first kappa shape index (κ1) is 14.3. The molecule has 0 saturated carbocycles. The first-order valence-electron chi connectivity index (χ1n) is 6.25. The number of aryl methyl sites for hydroxylation is 1. The highest BCUT2D eigenvalue weighted by molar-refractivity contribution is 6.30. The summed E-state index contributed by atoms with van der Waals surface area (Å²) in [6.07, 6.45) is 0.846. The van der Waals surface area contributed by atoms with Crippen LogP contribution in [0.1, 0.15) is 18.1 Å². The molecule has 0 aliphatic carbocycles. The van der Waals surface area contributed by atoms with E-state index in [9.17, 15) is 10.1 Å². The van der Waals surface area contributed by atoms with E-state index in [1.807, 2.05) is 31.2 Å². The van der Waals surface area contributed by atoms with Gasteiger partial charge in [0.2, 0.25) is 0 Å². The summed E-state index contributed by atoms with van der Waals surface area (Å²) in [7, 11) is 0. The molecule has 0 bridgehead atoms. The molecule has 104 valence electrons. The Hall–Kier alpha value is -2.07. The predicted molar refractivity (Wildman–Crippen MR) is 78.3 cm³/mol. The van der Waals surface area contributed by atoms with Crippen LogP contribution in [0.2, 0.25) is 5.02 Å². The molecule has 20 heavy (non-hydrogen) atoms. The van der Waals surface area contributed by atoms with Crippen LogP contribution in [0.4, 0.5) is 5.69 Å². The SMILES string of the molecule is CCc1ccccc1OCc1ccc(Cl)cc1[N+](=O)[O-]. The van der Waals surface area contributed by atoms with Gasteiger partial charge >= 0.3 is 0 Å². The Morgan fingerprint density at radius 3 is 2.65 bits per heavy atom. The largest absolute Gasteiger partial charge is 0.488 e. The molecule has 5 heteroatoms. The highest BCUT2D eigenvalue weighted by Gasteiger charge is 2.15. The van der Waals surface area contributed by atoms with Crippen molar-refractivity contribution in [1.29, 1.82) is 0 Å². The van der Waals surface area contributed by atoms with Gasteiger partial charge in [-0.15, -0.1) is 0 Å². The maximum absolute atomic E-state index is 11.0. The van der Waals surface area contributed by atoms with E-state index < -0.39 is 4.92 Å². The summed E-state index contributed by atoms with van der Waals surface area (Å²) in [5, 5.41) is 11.3. The second-order valence-electron chi connectivity index (χ2n) is 4.28. The summed E-state index contributed by atoms with van der Waals surface area (Å²) < 4.78 is 5.70. The van der Waals surface area contributed by atoms with Gasteiger partial charge in [0, 0.05) is 11.1 Å². The molecule has 0 fully saturated rings. The topological polar surface area (TPSA) is 52.4 Å². The van der Waals surface area contributed by atoms with Gasteiger partial charge in [-0.1, -0.05) is 36.7 Å². The first-order valence-corrected chi connectivity index (χ1v) is 6.63. The monoisotopic (exact) mass is 291 g/mol. The molecule has 0 N–H and O–H groups in total. The fraction of sp³-hybridized carbons (Fsp3) is 0.200. The van der Waals surface area contributed by atoms with Crippen LogP contribution in [0.25, 0.3) is 0 Å². The molecule has 0 unspecified atom stereocenters. The van der Waals surface area contributed by atoms with Crippen molar-refractivity contribution in [2.45, 2.75) is 20.0 Å². The Balaban J connectivity index is 2.21. The Bertz CT molecular complexity index is 628. The van der Waals surface area contributed by atoms with Gasteiger partial charge in [-0.05, 0) is 30.2 Å². The van der Waals surface area contributed by atoms with Crippen LogP contribution >= 0.6 is 11.6 Å². The number of rotatable bonds is 5. The van der Waals surface area contributed by atoms with Gasteiger partial charge in [-0.2, -0.15) is 0 Å². The van der Waals surface area contributed by atoms with E-state index in [2.05, 4.69) is 0 Å². The molecule has 2 aromatic carbocycles. The predicted octanol–water partition coefficient (Wildman–Crippen LogP) is 4.39. The zero-order chi connectivity index (χ0) is 14.5. The average Bonchev–Trinajstić information content (AvgIpc) is 2.46. The number of hydrogen-bond donors (Lipinski definition) is 0. The summed E-state index contributed by atoms with van der Waals surface area (Å²) in [4.78, 5) is 10.6. The molecule has 2 rings (SSSR count). The molecule has 0 aliphatic heterocycles. The molecule has 0 heterocycles. The highest BCUT2D eigenvalue weighted by Crippen LogP contribution is 2.26. The average molecular weight is 292 g/mol. The highest BCUT2D eigenvalue weighted by atomic mass is 35.5. The van der Waals surface area contributed by atoms with Crippen LogP contribution in [-0.2, 0) is 13.0 Å². The third-order valence-electron chi connectivity index (χ3n) is 2.98. The van der Waals surface area contributed by atoms with Crippen molar-refractivity contribution >= 4 is 17.3 Å². The smallest absolute Gasteiger partial charge is 0.277 e. The van der Waals surface area contributed by atoms with Gasteiger partial charge in [0.25, 0.3) is 5.69 Å². The van der Waals surface area contributed by atoms with E-state index in [0.717, 1.165) is 17.7 Å². The fourth-order valence-electron chi connectivity index (χ4n) is 1.92. The van der Waals surface area contributed by atoms with E-state index >= 15 is 0 Å². The van der Waals surface area contributed by atoms with Crippen LogP contribution in [0.5, 0.6) is 5.75 Å². The maximum Gasteiger partial charge on any atom is 0.277 e. The van der Waals surface area contributed by atoms with Crippen molar-refractivity contribution in [2.75, 3.05) is 0 Å². The zero-order valence-corrected chi connectivity index (χ0v) is 11.8. The third-order valence-corrected chi connectivity index (χ3v) is 3.22. The minimum Gasteiger partial charge on any atom is -0.488 e. The van der Waals surface area contributed by atoms with Crippen LogP contribution < -0.4 is 4.74 Å². The molecule has 4 nitrogen and oxygen atoms in total. The van der Waals surface area contributed by atoms with E-state index in [1.165, 1.54) is 6.07 Å². The Morgan fingerprint density at radius 2 is 1.95 bits per heavy atom. The second-order valence-corrected chi connectivity index (χ2v) is 4.72. The quantitative estimate of drug-likeness (QED) is 0.606. The summed E-state index contributed by atoms with van der Waals surface area (Å²) >= 11 is 5.78. The molecule has 0 saturated heterocycles. The number of nitro groups is 1. The number of halogens is 1. The fourth-order valence-corrected chi connectivity index (χ4v) is 2.09. The molecule has 0 aromatic heterocycles. The van der Waals surface area contributed by atoms with Crippen LogP contribution in [0.15, 0.2) is 42.5 Å². The minimum atomic E-state index is -0.448. The standard InChI is InChI=1S/C15H14ClNO3/c1-2-11-5-3-4-6-15(11)20-10-12-7-8-13(16)9-14(12)17(18)19/h3-9H,2,10H2,1H3. The number of nitrogens with zero attached hydrogens (tertiary/aromatic N) is 1. The number of hydrogen-bond acceptors (Lipinski definition) is 3. The van der Waals surface area contributed by atoms with E-state index in [4.69, 9.17) is 16.3 Å². The van der Waals surface area contributed by atoms with Gasteiger partial charge in [-0.25, -0.2) is 0 Å². The lowest BCUT2D eigenvalue weighted by atomic mass is 10.1. The van der Waals surface area contributed by atoms with Crippen molar-refractivity contribution in [2.24, 2.45) is 0 Å². The lowest BCUT2D eigenvalue weighted by Crippen LogP contribution is -2.02. The van der Waals surface area contributed by atoms with Crippen LogP contribution in [0.3, 0.4) is 0 Å². The van der Waals surface area contributed by atoms with E-state index in [-0.39, 0.29) is 12.3 Å². The number of nitro benzene ring substituents is 1. The summed E-state index contributed by atoms with van der Waals surface area (Å²) in [5.41, 5.74) is 1.56. The zero-order valence-electron chi connectivity index (χ0n) is 11.0. The number of benzene rings is 2. The third kappa shape index (κ3) is 3.27. The minimum absolute atomic E-state index is 0.0218. The molecular formula is C15H14ClNO3.